The topological polar surface area (TPSA) is 90.4 Å². The zero-order valence-corrected chi connectivity index (χ0v) is 17.6. The molecule has 2 aromatic heterocycles. The molecule has 0 aliphatic carbocycles. The molecule has 9 nitrogen and oxygen atoms in total. The van der Waals surface area contributed by atoms with Gasteiger partial charge in [-0.1, -0.05) is 0 Å². The number of likely N-dealkylation sites (tertiary alicyclic amines) is 1. The fraction of sp³-hybridized carbons (Fsp3) is 0.700. The van der Waals surface area contributed by atoms with Gasteiger partial charge in [0, 0.05) is 39.3 Å². The maximum Gasteiger partial charge on any atom is 0.263 e. The summed E-state index contributed by atoms with van der Waals surface area (Å²) in [5.41, 5.74) is 0.190. The van der Waals surface area contributed by atoms with Crippen molar-refractivity contribution in [2.45, 2.75) is 45.6 Å². The standard InChI is InChI=1S/C20H31N7O2/c1-20(2,3)27-17-15(13-21-27)18(29)23-19(22-17)26-11-9-24(10-12-26)14-16(28)25-7-5-4-6-8-25/h13H,4-12,14H2,1-3H3,(H,22,23,29). The molecule has 1 amide bonds. The number of rotatable bonds is 3. The van der Waals surface area contributed by atoms with Gasteiger partial charge in [0.05, 0.1) is 18.3 Å². The molecule has 2 fully saturated rings. The Morgan fingerprint density at radius 2 is 1.76 bits per heavy atom. The Bertz CT molecular complexity index is 928. The number of amides is 1. The van der Waals surface area contributed by atoms with E-state index >= 15 is 0 Å². The van der Waals surface area contributed by atoms with E-state index < -0.39 is 0 Å². The van der Waals surface area contributed by atoms with E-state index in [1.165, 1.54) is 6.42 Å². The van der Waals surface area contributed by atoms with E-state index in [1.54, 1.807) is 10.9 Å². The smallest absolute Gasteiger partial charge is 0.263 e. The number of hydrogen-bond acceptors (Lipinski definition) is 6. The Morgan fingerprint density at radius 3 is 2.41 bits per heavy atom. The fourth-order valence-electron chi connectivity index (χ4n) is 4.10. The Balaban J connectivity index is 1.43. The number of piperidine rings is 1. The van der Waals surface area contributed by atoms with E-state index in [0.717, 1.165) is 52.1 Å². The van der Waals surface area contributed by atoms with Crippen LogP contribution in [-0.2, 0) is 10.3 Å². The number of hydrogen-bond donors (Lipinski definition) is 1. The molecule has 0 radical (unpaired) electrons. The molecule has 4 rings (SSSR count). The molecule has 0 atom stereocenters. The highest BCUT2D eigenvalue weighted by molar-refractivity contribution is 5.78. The van der Waals surface area contributed by atoms with Crippen LogP contribution in [0.2, 0.25) is 0 Å². The number of aromatic amines is 1. The summed E-state index contributed by atoms with van der Waals surface area (Å²) < 4.78 is 1.80. The van der Waals surface area contributed by atoms with Gasteiger partial charge in [-0.25, -0.2) is 4.68 Å². The number of piperazine rings is 1. The van der Waals surface area contributed by atoms with Crippen molar-refractivity contribution < 1.29 is 4.79 Å². The van der Waals surface area contributed by atoms with Gasteiger partial charge in [0.15, 0.2) is 5.65 Å². The first-order chi connectivity index (χ1) is 13.8. The van der Waals surface area contributed by atoms with Crippen LogP contribution in [-0.4, -0.2) is 81.3 Å². The number of nitrogens with one attached hydrogen (secondary N) is 1. The Morgan fingerprint density at radius 1 is 1.07 bits per heavy atom. The zero-order valence-electron chi connectivity index (χ0n) is 17.6. The lowest BCUT2D eigenvalue weighted by Gasteiger charge is -2.36. The molecule has 2 aliphatic rings. The maximum atomic E-state index is 12.5. The molecule has 2 aliphatic heterocycles. The van der Waals surface area contributed by atoms with Crippen LogP contribution in [0.5, 0.6) is 0 Å². The molecule has 0 aromatic carbocycles. The second kappa shape index (κ2) is 7.78. The minimum absolute atomic E-state index is 0.164. The molecule has 2 saturated heterocycles. The lowest BCUT2D eigenvalue weighted by Crippen LogP contribution is -2.51. The molecular formula is C20H31N7O2. The molecule has 29 heavy (non-hydrogen) atoms. The van der Waals surface area contributed by atoms with Crippen LogP contribution < -0.4 is 10.5 Å². The highest BCUT2D eigenvalue weighted by Crippen LogP contribution is 2.20. The van der Waals surface area contributed by atoms with Gasteiger partial charge < -0.3 is 9.80 Å². The molecule has 4 heterocycles. The van der Waals surface area contributed by atoms with Crippen molar-refractivity contribution in [3.05, 3.63) is 16.6 Å². The van der Waals surface area contributed by atoms with Crippen molar-refractivity contribution in [1.29, 1.82) is 0 Å². The first kappa shape index (κ1) is 19.9. The number of H-pyrrole nitrogens is 1. The third-order valence-corrected chi connectivity index (χ3v) is 5.80. The predicted molar refractivity (Wildman–Crippen MR) is 112 cm³/mol. The molecule has 2 aromatic rings. The Hall–Kier alpha value is -2.42. The molecule has 9 heteroatoms. The lowest BCUT2D eigenvalue weighted by atomic mass is 10.1. The second-order valence-electron chi connectivity index (χ2n) is 9.06. The number of nitrogens with zero attached hydrogens (tertiary/aromatic N) is 6. The first-order valence-corrected chi connectivity index (χ1v) is 10.6. The van der Waals surface area contributed by atoms with Gasteiger partial charge in [0.25, 0.3) is 5.56 Å². The summed E-state index contributed by atoms with van der Waals surface area (Å²) in [4.78, 5) is 39.0. The van der Waals surface area contributed by atoms with Crippen molar-refractivity contribution in [3.63, 3.8) is 0 Å². The average molecular weight is 402 g/mol. The van der Waals surface area contributed by atoms with Crippen LogP contribution in [0.3, 0.4) is 0 Å². The van der Waals surface area contributed by atoms with Gasteiger partial charge in [-0.2, -0.15) is 10.1 Å². The predicted octanol–water partition coefficient (Wildman–Crippen LogP) is 1.01. The fourth-order valence-corrected chi connectivity index (χ4v) is 4.10. The summed E-state index contributed by atoms with van der Waals surface area (Å²) >= 11 is 0. The van der Waals surface area contributed by atoms with Gasteiger partial charge in [-0.15, -0.1) is 0 Å². The van der Waals surface area contributed by atoms with E-state index in [2.05, 4.69) is 19.9 Å². The molecular weight excluding hydrogens is 370 g/mol. The first-order valence-electron chi connectivity index (χ1n) is 10.6. The number of fused-ring (bicyclic) bond motifs is 1. The summed E-state index contributed by atoms with van der Waals surface area (Å²) in [6.07, 6.45) is 5.05. The Kier molecular flexibility index (Phi) is 5.33. The molecule has 0 bridgehead atoms. The molecule has 0 spiro atoms. The summed E-state index contributed by atoms with van der Waals surface area (Å²) in [6, 6.07) is 0. The quantitative estimate of drug-likeness (QED) is 0.826. The number of carbonyl (C=O) groups excluding carboxylic acids is 1. The Labute approximate surface area is 170 Å². The van der Waals surface area contributed by atoms with Gasteiger partial charge in [0.1, 0.15) is 5.39 Å². The normalized spacial score (nSPS) is 19.1. The van der Waals surface area contributed by atoms with Crippen LogP contribution in [0.25, 0.3) is 11.0 Å². The third-order valence-electron chi connectivity index (χ3n) is 5.80. The largest absolute Gasteiger partial charge is 0.342 e. The van der Waals surface area contributed by atoms with Crippen molar-refractivity contribution in [2.24, 2.45) is 0 Å². The summed E-state index contributed by atoms with van der Waals surface area (Å²) in [7, 11) is 0. The van der Waals surface area contributed by atoms with Crippen LogP contribution in [0, 0.1) is 0 Å². The van der Waals surface area contributed by atoms with Gasteiger partial charge in [-0.3, -0.25) is 19.5 Å². The van der Waals surface area contributed by atoms with Gasteiger partial charge >= 0.3 is 0 Å². The van der Waals surface area contributed by atoms with Crippen molar-refractivity contribution >= 4 is 22.9 Å². The van der Waals surface area contributed by atoms with E-state index in [-0.39, 0.29) is 17.0 Å². The second-order valence-corrected chi connectivity index (χ2v) is 9.06. The van der Waals surface area contributed by atoms with E-state index in [0.29, 0.717) is 23.5 Å². The maximum absolute atomic E-state index is 12.5. The molecule has 158 valence electrons. The summed E-state index contributed by atoms with van der Waals surface area (Å²) in [6.45, 7) is 11.4. The van der Waals surface area contributed by atoms with Crippen LogP contribution >= 0.6 is 0 Å². The van der Waals surface area contributed by atoms with Gasteiger partial charge in [0.2, 0.25) is 11.9 Å². The third kappa shape index (κ3) is 4.14. The highest BCUT2D eigenvalue weighted by atomic mass is 16.2. The van der Waals surface area contributed by atoms with E-state index in [4.69, 9.17) is 4.98 Å². The average Bonchev–Trinajstić information content (AvgIpc) is 3.14. The molecule has 1 N–H and O–H groups in total. The van der Waals surface area contributed by atoms with Gasteiger partial charge in [-0.05, 0) is 40.0 Å². The summed E-state index contributed by atoms with van der Waals surface area (Å²) in [5, 5.41) is 4.88. The van der Waals surface area contributed by atoms with Crippen LogP contribution in [0.15, 0.2) is 11.0 Å². The highest BCUT2D eigenvalue weighted by Gasteiger charge is 2.25. The number of anilines is 1. The molecule has 0 saturated carbocycles. The van der Waals surface area contributed by atoms with E-state index in [9.17, 15) is 9.59 Å². The minimum Gasteiger partial charge on any atom is -0.342 e. The minimum atomic E-state index is -0.257. The monoisotopic (exact) mass is 401 g/mol. The number of aromatic nitrogens is 4. The van der Waals surface area contributed by atoms with Crippen molar-refractivity contribution in [3.8, 4) is 0 Å². The number of carbonyl (C=O) groups is 1. The van der Waals surface area contributed by atoms with Crippen molar-refractivity contribution in [1.82, 2.24) is 29.5 Å². The summed E-state index contributed by atoms with van der Waals surface area (Å²) in [5.74, 6) is 0.815. The van der Waals surface area contributed by atoms with Crippen molar-refractivity contribution in [2.75, 3.05) is 50.7 Å². The van der Waals surface area contributed by atoms with Crippen LogP contribution in [0.1, 0.15) is 40.0 Å². The van der Waals surface area contributed by atoms with E-state index in [1.807, 2.05) is 25.7 Å². The molecule has 0 unspecified atom stereocenters. The zero-order chi connectivity index (χ0) is 20.6. The SMILES string of the molecule is CC(C)(C)n1ncc2c(=O)[nH]c(N3CCN(CC(=O)N4CCCCC4)CC3)nc21. The van der Waals surface area contributed by atoms with Crippen LogP contribution in [0.4, 0.5) is 5.95 Å². The lowest BCUT2D eigenvalue weighted by molar-refractivity contribution is -0.133.